The number of rotatable bonds is 9. The Balaban J connectivity index is 0.919. The molecule has 2 aliphatic rings. The van der Waals surface area contributed by atoms with E-state index in [4.69, 9.17) is 0 Å². The van der Waals surface area contributed by atoms with Gasteiger partial charge < -0.3 is 9.80 Å². The van der Waals surface area contributed by atoms with Gasteiger partial charge in [-0.3, -0.25) is 0 Å². The van der Waals surface area contributed by atoms with Crippen LogP contribution < -0.4 is 26.2 Å². The van der Waals surface area contributed by atoms with Crippen molar-refractivity contribution in [2.45, 2.75) is 78.6 Å². The molecule has 0 unspecified atom stereocenters. The van der Waals surface area contributed by atoms with Gasteiger partial charge in [0, 0.05) is 45.0 Å². The molecule has 0 bridgehead atoms. The van der Waals surface area contributed by atoms with E-state index in [1.807, 2.05) is 0 Å². The van der Waals surface area contributed by atoms with Crippen LogP contribution in [0.25, 0.3) is 143 Å². The van der Waals surface area contributed by atoms with Crippen molar-refractivity contribution in [1.82, 2.24) is 0 Å². The highest BCUT2D eigenvalue weighted by molar-refractivity contribution is 7.00. The summed E-state index contributed by atoms with van der Waals surface area (Å²) < 4.78 is 0. The van der Waals surface area contributed by atoms with Crippen LogP contribution in [0.15, 0.2) is 328 Å². The first-order valence-electron chi connectivity index (χ1n) is 38.1. The van der Waals surface area contributed by atoms with E-state index in [0.29, 0.717) is 0 Å². The van der Waals surface area contributed by atoms with Gasteiger partial charge in [-0.05, 0) is 218 Å². The smallest absolute Gasteiger partial charge is 0.252 e. The van der Waals surface area contributed by atoms with Crippen LogP contribution in [0, 0.1) is 0 Å². The molecule has 18 aromatic rings. The molecule has 0 amide bonds. The molecule has 0 saturated heterocycles. The van der Waals surface area contributed by atoms with Crippen LogP contribution in [0.2, 0.25) is 0 Å². The summed E-state index contributed by atoms with van der Waals surface area (Å²) in [5.74, 6) is 0. The second kappa shape index (κ2) is 24.1. The van der Waals surface area contributed by atoms with E-state index in [-0.39, 0.29) is 23.0 Å². The average Bonchev–Trinajstić information content (AvgIpc) is 0.687. The van der Waals surface area contributed by atoms with Gasteiger partial charge in [0.2, 0.25) is 0 Å². The molecule has 0 spiro atoms. The summed E-state index contributed by atoms with van der Waals surface area (Å²) in [7, 11) is 0. The standard InChI is InChI=1S/C104H81BN2/c1-102(2,3)82-48-44-64(45-49-82)81-62-93-99-94(63-81)107(101-87(67-28-18-12-19-29-67)34-23-35-88(101)68-30-20-13-21-31-68)92-51-47-70(80-54-73-38-42-77-58-84(104(7,8)9)59-78-43-39-74(55-80)96(73)98(77)78)61-90(92)105(99)89-60-69(79-52-71-36-40-75-56-83(103(4,5)6)57-76-41-37-72(53-79)95(71)97(75)76)46-50-91(89)106(93)100-85(65-24-14-10-15-25-65)32-22-33-86(100)66-26-16-11-17-27-66/h10-63H,1-9H3. The van der Waals surface area contributed by atoms with Crippen LogP contribution in [0.5, 0.6) is 0 Å². The van der Waals surface area contributed by atoms with Gasteiger partial charge >= 0.3 is 0 Å². The molecule has 0 aliphatic carbocycles. The summed E-state index contributed by atoms with van der Waals surface area (Å²) in [5.41, 5.74) is 30.7. The highest BCUT2D eigenvalue weighted by Crippen LogP contribution is 2.55. The largest absolute Gasteiger partial charge is 0.310 e. The van der Waals surface area contributed by atoms with E-state index < -0.39 is 0 Å². The average molecular weight is 1370 g/mol. The van der Waals surface area contributed by atoms with Crippen molar-refractivity contribution in [3.63, 3.8) is 0 Å². The molecule has 0 fully saturated rings. The molecule has 3 heteroatoms. The zero-order valence-corrected chi connectivity index (χ0v) is 62.1. The Morgan fingerprint density at radius 3 is 0.785 bits per heavy atom. The second-order valence-electron chi connectivity index (χ2n) is 33.2. The summed E-state index contributed by atoms with van der Waals surface area (Å²) in [6.07, 6.45) is 0. The fraction of sp³-hybridized carbons (Fsp3) is 0.115. The Morgan fingerprint density at radius 2 is 0.486 bits per heavy atom. The fourth-order valence-electron chi connectivity index (χ4n) is 18.0. The first kappa shape index (κ1) is 64.3. The summed E-state index contributed by atoms with van der Waals surface area (Å²) in [6, 6.07) is 126. The van der Waals surface area contributed by atoms with E-state index in [9.17, 15) is 0 Å². The molecule has 510 valence electrons. The molecule has 18 aromatic carbocycles. The second-order valence-corrected chi connectivity index (χ2v) is 33.2. The summed E-state index contributed by atoms with van der Waals surface area (Å²) >= 11 is 0. The predicted octanol–water partition coefficient (Wildman–Crippen LogP) is 27.1. The maximum atomic E-state index is 2.69. The molecule has 2 nitrogen and oxygen atoms in total. The van der Waals surface area contributed by atoms with E-state index in [0.717, 1.165) is 89.8 Å². The minimum Gasteiger partial charge on any atom is -0.310 e. The number of hydrogen-bond acceptors (Lipinski definition) is 2. The summed E-state index contributed by atoms with van der Waals surface area (Å²) in [5, 5.41) is 15.5. The van der Waals surface area contributed by atoms with Gasteiger partial charge in [0.15, 0.2) is 0 Å². The van der Waals surface area contributed by atoms with Gasteiger partial charge in [-0.2, -0.15) is 0 Å². The lowest BCUT2D eigenvalue weighted by Crippen LogP contribution is -2.61. The Hall–Kier alpha value is -12.3. The lowest BCUT2D eigenvalue weighted by Gasteiger charge is -2.46. The van der Waals surface area contributed by atoms with Crippen molar-refractivity contribution in [3.8, 4) is 77.9 Å². The lowest BCUT2D eigenvalue weighted by molar-refractivity contribution is 0.590. The van der Waals surface area contributed by atoms with Gasteiger partial charge in [0.1, 0.15) is 0 Å². The molecule has 0 saturated carbocycles. The van der Waals surface area contributed by atoms with Crippen molar-refractivity contribution in [2.75, 3.05) is 9.80 Å². The normalized spacial score (nSPS) is 13.0. The number of anilines is 6. The number of hydrogen-bond donors (Lipinski definition) is 0. The van der Waals surface area contributed by atoms with Gasteiger partial charge in [0.05, 0.1) is 11.4 Å². The van der Waals surface area contributed by atoms with Crippen molar-refractivity contribution in [1.29, 1.82) is 0 Å². The number of nitrogens with zero attached hydrogens (tertiary/aromatic N) is 2. The zero-order valence-electron chi connectivity index (χ0n) is 62.1. The van der Waals surface area contributed by atoms with Crippen molar-refractivity contribution < 1.29 is 0 Å². The molecular weight excluding hydrogens is 1290 g/mol. The Labute approximate surface area is 628 Å². The molecule has 2 aliphatic heterocycles. The molecule has 0 aromatic heterocycles. The molecular formula is C104H81BN2. The van der Waals surface area contributed by atoms with Crippen LogP contribution in [-0.4, -0.2) is 6.71 Å². The van der Waals surface area contributed by atoms with Gasteiger partial charge in [-0.25, -0.2) is 0 Å². The van der Waals surface area contributed by atoms with E-state index >= 15 is 0 Å². The fourth-order valence-corrected chi connectivity index (χ4v) is 18.0. The zero-order chi connectivity index (χ0) is 72.4. The van der Waals surface area contributed by atoms with Crippen LogP contribution in [0.4, 0.5) is 34.1 Å². The van der Waals surface area contributed by atoms with Crippen molar-refractivity contribution in [2.24, 2.45) is 0 Å². The topological polar surface area (TPSA) is 6.48 Å². The molecule has 2 heterocycles. The number of fused-ring (bicyclic) bond motifs is 4. The summed E-state index contributed by atoms with van der Waals surface area (Å²) in [4.78, 5) is 5.38. The predicted molar refractivity (Wildman–Crippen MR) is 462 cm³/mol. The molecule has 0 N–H and O–H groups in total. The monoisotopic (exact) mass is 1370 g/mol. The van der Waals surface area contributed by atoms with E-state index in [1.54, 1.807) is 0 Å². The lowest BCUT2D eigenvalue weighted by atomic mass is 9.33. The van der Waals surface area contributed by atoms with Crippen molar-refractivity contribution in [3.05, 3.63) is 344 Å². The van der Waals surface area contributed by atoms with Crippen molar-refractivity contribution >= 4 is 122 Å². The summed E-state index contributed by atoms with van der Waals surface area (Å²) in [6.45, 7) is 20.6. The third-order valence-electron chi connectivity index (χ3n) is 23.5. The molecule has 0 atom stereocenters. The highest BCUT2D eigenvalue weighted by atomic mass is 15.2. The van der Waals surface area contributed by atoms with Crippen LogP contribution in [0.3, 0.4) is 0 Å². The minimum absolute atomic E-state index is 0.0200. The maximum Gasteiger partial charge on any atom is 0.252 e. The van der Waals surface area contributed by atoms with Crippen LogP contribution in [0.1, 0.15) is 79.0 Å². The van der Waals surface area contributed by atoms with Crippen LogP contribution in [-0.2, 0) is 16.2 Å². The van der Waals surface area contributed by atoms with E-state index in [2.05, 4.69) is 400 Å². The van der Waals surface area contributed by atoms with Gasteiger partial charge in [-0.15, -0.1) is 0 Å². The number of benzene rings is 18. The molecule has 0 radical (unpaired) electrons. The first-order chi connectivity index (χ1) is 51.9. The van der Waals surface area contributed by atoms with E-state index in [1.165, 1.54) is 120 Å². The maximum absolute atomic E-state index is 2.69. The first-order valence-corrected chi connectivity index (χ1v) is 38.1. The minimum atomic E-state index is -0.271. The van der Waals surface area contributed by atoms with Crippen LogP contribution >= 0.6 is 0 Å². The third kappa shape index (κ3) is 10.5. The van der Waals surface area contributed by atoms with Gasteiger partial charge in [0.25, 0.3) is 6.71 Å². The Bertz CT molecular complexity index is 5970. The van der Waals surface area contributed by atoms with Gasteiger partial charge in [-0.1, -0.05) is 341 Å². The Morgan fingerprint density at radius 1 is 0.206 bits per heavy atom. The number of para-hydroxylation sites is 2. The quantitative estimate of drug-likeness (QED) is 0.105. The highest BCUT2D eigenvalue weighted by Gasteiger charge is 2.46. The molecule has 107 heavy (non-hydrogen) atoms. The molecule has 20 rings (SSSR count). The Kier molecular flexibility index (Phi) is 14.5. The SMILES string of the molecule is CC(C)(C)c1ccc(-c2cc3c4c(c2)N(c2c(-c5ccccc5)cccc2-c2ccccc2)c2ccc(-c5cc6ccc7cc(C(C)(C)C)cc8ccc(c5)c6c78)cc2B4c2cc(-c4cc5ccc6cc(C(C)(C)C)cc7ccc(c4)c5c67)ccc2N3c2c(-c3ccccc3)cccc2-c2ccccc2)cc1. The third-order valence-corrected chi connectivity index (χ3v) is 23.5.